The third-order valence-electron chi connectivity index (χ3n) is 5.73. The first-order chi connectivity index (χ1) is 14.0. The van der Waals surface area contributed by atoms with E-state index in [1.807, 2.05) is 39.5 Å². The van der Waals surface area contributed by atoms with E-state index in [0.717, 1.165) is 38.4 Å². The van der Waals surface area contributed by atoms with Crippen molar-refractivity contribution in [2.75, 3.05) is 40.3 Å². The lowest BCUT2D eigenvalue weighted by Crippen LogP contribution is -2.54. The van der Waals surface area contributed by atoms with Gasteiger partial charge in [0.25, 0.3) is 0 Å². The summed E-state index contributed by atoms with van der Waals surface area (Å²) >= 11 is 0. The Morgan fingerprint density at radius 1 is 1.10 bits per heavy atom. The fourth-order valence-corrected chi connectivity index (χ4v) is 3.71. The van der Waals surface area contributed by atoms with Crippen molar-refractivity contribution in [2.24, 2.45) is 16.3 Å². The lowest BCUT2D eigenvalue weighted by molar-refractivity contribution is -0.128. The average Bonchev–Trinajstić information content (AvgIpc) is 3.49. The second kappa shape index (κ2) is 9.88. The van der Waals surface area contributed by atoms with Gasteiger partial charge in [-0.1, -0.05) is 0 Å². The van der Waals surface area contributed by atoms with E-state index in [-0.39, 0.29) is 18.0 Å². The van der Waals surface area contributed by atoms with Crippen molar-refractivity contribution < 1.29 is 14.3 Å². The van der Waals surface area contributed by atoms with Crippen LogP contribution >= 0.6 is 0 Å². The number of nitrogens with zero attached hydrogens (tertiary/aromatic N) is 3. The van der Waals surface area contributed by atoms with Crippen molar-refractivity contribution in [1.29, 1.82) is 0 Å². The molecule has 0 aromatic heterocycles. The molecule has 1 aliphatic heterocycles. The predicted molar refractivity (Wildman–Crippen MR) is 119 cm³/mol. The number of ether oxygens (including phenoxy) is 1. The molecule has 2 amide bonds. The molecule has 8 nitrogen and oxygen atoms in total. The molecule has 1 heterocycles. The van der Waals surface area contributed by atoms with Crippen molar-refractivity contribution in [1.82, 2.24) is 20.4 Å². The zero-order valence-electron chi connectivity index (χ0n) is 19.9. The van der Waals surface area contributed by atoms with Gasteiger partial charge in [0.2, 0.25) is 5.91 Å². The molecule has 172 valence electrons. The van der Waals surface area contributed by atoms with Crippen LogP contribution in [0.5, 0.6) is 0 Å². The van der Waals surface area contributed by atoms with E-state index in [2.05, 4.69) is 20.5 Å². The van der Waals surface area contributed by atoms with Gasteiger partial charge in [0.15, 0.2) is 5.96 Å². The largest absolute Gasteiger partial charge is 0.444 e. The number of rotatable bonds is 6. The first kappa shape index (κ1) is 24.3. The third-order valence-corrected chi connectivity index (χ3v) is 5.73. The van der Waals surface area contributed by atoms with Gasteiger partial charge in [0, 0.05) is 46.3 Å². The summed E-state index contributed by atoms with van der Waals surface area (Å²) in [4.78, 5) is 33.4. The summed E-state index contributed by atoms with van der Waals surface area (Å²) in [6.07, 6.45) is 3.98. The van der Waals surface area contributed by atoms with Gasteiger partial charge < -0.3 is 25.2 Å². The quantitative estimate of drug-likeness (QED) is 0.506. The molecule has 2 rings (SSSR count). The van der Waals surface area contributed by atoms with Crippen molar-refractivity contribution in [3.05, 3.63) is 0 Å². The molecule has 2 aliphatic rings. The number of nitrogens with one attached hydrogen (secondary N) is 2. The number of amides is 2. The van der Waals surface area contributed by atoms with Crippen LogP contribution in [-0.2, 0) is 9.53 Å². The highest BCUT2D eigenvalue weighted by Gasteiger charge is 2.36. The Hall–Kier alpha value is -1.99. The van der Waals surface area contributed by atoms with Gasteiger partial charge in [-0.15, -0.1) is 0 Å². The molecule has 30 heavy (non-hydrogen) atoms. The van der Waals surface area contributed by atoms with E-state index in [1.54, 1.807) is 14.1 Å². The summed E-state index contributed by atoms with van der Waals surface area (Å²) in [6.45, 7) is 12.5. The van der Waals surface area contributed by atoms with Crippen molar-refractivity contribution >= 4 is 18.0 Å². The summed E-state index contributed by atoms with van der Waals surface area (Å²) in [5, 5.41) is 6.05. The number of aliphatic imine (C=N–C) groups is 1. The molecule has 0 spiro atoms. The van der Waals surface area contributed by atoms with Crippen LogP contribution in [0.15, 0.2) is 4.99 Å². The van der Waals surface area contributed by atoms with Crippen LogP contribution in [0.1, 0.15) is 60.3 Å². The van der Waals surface area contributed by atoms with Gasteiger partial charge in [-0.25, -0.2) is 4.79 Å². The highest BCUT2D eigenvalue weighted by Crippen LogP contribution is 2.32. The number of carbonyl (C=O) groups excluding carboxylic acids is 2. The minimum atomic E-state index is -0.527. The minimum absolute atomic E-state index is 0.00256. The zero-order valence-corrected chi connectivity index (χ0v) is 19.9. The molecule has 1 saturated heterocycles. The number of likely N-dealkylation sites (tertiary alicyclic amines) is 1. The molecule has 2 fully saturated rings. The van der Waals surface area contributed by atoms with Gasteiger partial charge in [-0.05, 0) is 66.2 Å². The van der Waals surface area contributed by atoms with Gasteiger partial charge in [0.05, 0.1) is 5.41 Å². The Morgan fingerprint density at radius 3 is 2.17 bits per heavy atom. The zero-order chi connectivity index (χ0) is 22.5. The third kappa shape index (κ3) is 7.06. The monoisotopic (exact) mass is 423 g/mol. The van der Waals surface area contributed by atoms with Crippen LogP contribution in [0, 0.1) is 11.3 Å². The van der Waals surface area contributed by atoms with E-state index in [1.165, 1.54) is 12.8 Å². The molecule has 1 saturated carbocycles. The smallest absolute Gasteiger partial charge is 0.410 e. The van der Waals surface area contributed by atoms with Gasteiger partial charge in [0.1, 0.15) is 5.60 Å². The summed E-state index contributed by atoms with van der Waals surface area (Å²) in [6, 6.07) is 0.192. The Balaban J connectivity index is 1.93. The van der Waals surface area contributed by atoms with Crippen LogP contribution in [0.2, 0.25) is 0 Å². The Morgan fingerprint density at radius 2 is 1.70 bits per heavy atom. The lowest BCUT2D eigenvalue weighted by atomic mass is 9.92. The van der Waals surface area contributed by atoms with E-state index < -0.39 is 11.0 Å². The molecule has 0 atom stereocenters. The number of hydrogen-bond acceptors (Lipinski definition) is 4. The van der Waals surface area contributed by atoms with Crippen LogP contribution in [0.25, 0.3) is 0 Å². The average molecular weight is 424 g/mol. The molecular weight excluding hydrogens is 382 g/mol. The van der Waals surface area contributed by atoms with Crippen LogP contribution in [0.3, 0.4) is 0 Å². The van der Waals surface area contributed by atoms with Crippen LogP contribution in [-0.4, -0.2) is 79.7 Å². The Kier molecular flexibility index (Phi) is 7.99. The fourth-order valence-electron chi connectivity index (χ4n) is 3.71. The van der Waals surface area contributed by atoms with E-state index in [0.29, 0.717) is 12.5 Å². The molecule has 1 aliphatic carbocycles. The van der Waals surface area contributed by atoms with Gasteiger partial charge in [-0.3, -0.25) is 9.79 Å². The lowest BCUT2D eigenvalue weighted by Gasteiger charge is -2.40. The second-order valence-corrected chi connectivity index (χ2v) is 10.2. The summed E-state index contributed by atoms with van der Waals surface area (Å²) in [7, 11) is 3.42. The van der Waals surface area contributed by atoms with E-state index >= 15 is 0 Å². The number of piperidine rings is 1. The highest BCUT2D eigenvalue weighted by atomic mass is 16.6. The summed E-state index contributed by atoms with van der Waals surface area (Å²) in [5.41, 5.74) is -1.01. The summed E-state index contributed by atoms with van der Waals surface area (Å²) in [5.74, 6) is 1.42. The molecule has 2 N–H and O–H groups in total. The number of hydrogen-bond donors (Lipinski definition) is 2. The van der Waals surface area contributed by atoms with E-state index in [4.69, 9.17) is 4.74 Å². The number of carbonyl (C=O) groups is 2. The first-order valence-corrected chi connectivity index (χ1v) is 11.1. The molecular formula is C22H41N5O3. The van der Waals surface area contributed by atoms with Crippen LogP contribution in [0.4, 0.5) is 4.79 Å². The maximum absolute atomic E-state index is 12.8. The Labute approximate surface area is 181 Å². The minimum Gasteiger partial charge on any atom is -0.444 e. The highest BCUT2D eigenvalue weighted by molar-refractivity contribution is 5.84. The predicted octanol–water partition coefficient (Wildman–Crippen LogP) is 2.45. The topological polar surface area (TPSA) is 86.3 Å². The molecule has 0 aromatic carbocycles. The molecule has 0 unspecified atom stereocenters. The molecule has 8 heteroatoms. The Bertz CT molecular complexity index is 629. The van der Waals surface area contributed by atoms with Crippen molar-refractivity contribution in [3.8, 4) is 0 Å². The maximum Gasteiger partial charge on any atom is 0.410 e. The van der Waals surface area contributed by atoms with Crippen molar-refractivity contribution in [2.45, 2.75) is 71.9 Å². The van der Waals surface area contributed by atoms with Gasteiger partial charge in [-0.2, -0.15) is 0 Å². The molecule has 0 aromatic rings. The second-order valence-electron chi connectivity index (χ2n) is 10.2. The van der Waals surface area contributed by atoms with Crippen molar-refractivity contribution in [3.63, 3.8) is 0 Å². The van der Waals surface area contributed by atoms with Crippen LogP contribution < -0.4 is 10.6 Å². The number of guanidine groups is 1. The maximum atomic E-state index is 12.8. The first-order valence-electron chi connectivity index (χ1n) is 11.1. The van der Waals surface area contributed by atoms with Gasteiger partial charge >= 0.3 is 6.09 Å². The standard InChI is InChI=1S/C22H41N5O3/c1-21(2,3)30-20(29)27(14-16-8-9-16)17-10-12-26(13-11-17)19(24-7)25-15-22(4,5)18(28)23-6/h16-17H,8-15H2,1-7H3,(H,23,28)(H,24,25). The normalized spacial score (nSPS) is 18.8. The fraction of sp³-hybridized carbons (Fsp3) is 0.864. The molecule has 0 bridgehead atoms. The summed E-state index contributed by atoms with van der Waals surface area (Å²) < 4.78 is 5.69. The van der Waals surface area contributed by atoms with E-state index in [9.17, 15) is 9.59 Å². The SMILES string of the molecule is CN=C(NCC(C)(C)C(=O)NC)N1CCC(N(CC2CC2)C(=O)OC(C)(C)C)CC1. The molecule has 0 radical (unpaired) electrons.